The molecule has 0 spiro atoms. The van der Waals surface area contributed by atoms with E-state index in [1.165, 1.54) is 10.8 Å². The Hall–Kier alpha value is -1.52. The molecule has 2 rings (SSSR count). The highest BCUT2D eigenvalue weighted by Crippen LogP contribution is 2.28. The Balaban J connectivity index is 1.81. The molecular formula is C13H18N3O5P. The number of aromatic nitrogens is 2. The van der Waals surface area contributed by atoms with E-state index in [0.717, 1.165) is 6.42 Å². The zero-order chi connectivity index (χ0) is 15.9. The number of ether oxygens (including phenoxy) is 1. The molecule has 22 heavy (non-hydrogen) atoms. The number of hydrogen-bond donors (Lipinski definition) is 1. The van der Waals surface area contributed by atoms with Gasteiger partial charge in [0, 0.05) is 11.8 Å². The van der Waals surface area contributed by atoms with E-state index in [1.807, 2.05) is 6.07 Å². The van der Waals surface area contributed by atoms with E-state index in [0.29, 0.717) is 31.6 Å². The van der Waals surface area contributed by atoms with Crippen LogP contribution in [0.1, 0.15) is 31.1 Å². The zero-order valence-corrected chi connectivity index (χ0v) is 13.2. The maximum absolute atomic E-state index is 11.8. The SMILES string of the molecule is Cc1cn(C2CCC(COPOCCC#N)O2)c(=O)[nH]c1=O. The minimum absolute atomic E-state index is 0.115. The fraction of sp³-hybridized carbons (Fsp3) is 0.615. The van der Waals surface area contributed by atoms with Gasteiger partial charge in [-0.1, -0.05) is 0 Å². The van der Waals surface area contributed by atoms with Crippen molar-refractivity contribution in [2.75, 3.05) is 13.2 Å². The lowest BCUT2D eigenvalue weighted by Crippen LogP contribution is -2.33. The average Bonchev–Trinajstić information content (AvgIpc) is 2.95. The molecule has 9 heteroatoms. The van der Waals surface area contributed by atoms with Gasteiger partial charge in [-0.2, -0.15) is 5.26 Å². The molecule has 3 atom stereocenters. The molecular weight excluding hydrogens is 309 g/mol. The predicted octanol–water partition coefficient (Wildman–Crippen LogP) is 0.978. The van der Waals surface area contributed by atoms with Crippen LogP contribution in [0.25, 0.3) is 0 Å². The van der Waals surface area contributed by atoms with Gasteiger partial charge >= 0.3 is 5.69 Å². The Labute approximate surface area is 129 Å². The summed E-state index contributed by atoms with van der Waals surface area (Å²) in [5, 5.41) is 8.35. The lowest BCUT2D eigenvalue weighted by molar-refractivity contribution is -0.0195. The number of nitriles is 1. The van der Waals surface area contributed by atoms with Crippen molar-refractivity contribution in [3.05, 3.63) is 32.6 Å². The largest absolute Gasteiger partial charge is 0.352 e. The number of nitrogens with one attached hydrogen (secondary N) is 1. The summed E-state index contributed by atoms with van der Waals surface area (Å²) in [7, 11) is -0.126. The smallest absolute Gasteiger partial charge is 0.330 e. The van der Waals surface area contributed by atoms with Crippen LogP contribution < -0.4 is 11.2 Å². The predicted molar refractivity (Wildman–Crippen MR) is 79.7 cm³/mol. The number of aromatic amines is 1. The Morgan fingerprint density at radius 2 is 2.32 bits per heavy atom. The molecule has 1 fully saturated rings. The van der Waals surface area contributed by atoms with E-state index in [-0.39, 0.29) is 26.9 Å². The van der Waals surface area contributed by atoms with Crippen LogP contribution in [0.3, 0.4) is 0 Å². The van der Waals surface area contributed by atoms with Gasteiger partial charge in [-0.15, -0.1) is 0 Å². The van der Waals surface area contributed by atoms with Gasteiger partial charge in [0.25, 0.3) is 5.56 Å². The second-order valence-corrected chi connectivity index (χ2v) is 5.66. The zero-order valence-electron chi connectivity index (χ0n) is 12.2. The molecule has 0 bridgehead atoms. The first kappa shape index (κ1) is 16.8. The summed E-state index contributed by atoms with van der Waals surface area (Å²) in [6, 6.07) is 1.98. The molecule has 8 nitrogen and oxygen atoms in total. The molecule has 1 aromatic rings. The van der Waals surface area contributed by atoms with Crippen molar-refractivity contribution >= 4 is 9.03 Å². The third-order valence-electron chi connectivity index (χ3n) is 3.24. The molecule has 1 saturated heterocycles. The number of H-pyrrole nitrogens is 1. The second-order valence-electron chi connectivity index (χ2n) is 4.92. The van der Waals surface area contributed by atoms with Crippen molar-refractivity contribution in [2.45, 2.75) is 38.5 Å². The lowest BCUT2D eigenvalue weighted by Gasteiger charge is -2.16. The normalized spacial score (nSPS) is 21.5. The third-order valence-corrected chi connectivity index (χ3v) is 3.85. The first-order valence-electron chi connectivity index (χ1n) is 6.95. The standard InChI is InChI=1S/C13H18N3O5P/c1-9-7-16(13(18)15-12(9)17)11-4-3-10(21-11)8-20-22-19-6-2-5-14/h7,10-11,22H,2-4,6,8H2,1H3,(H,15,17,18). The maximum atomic E-state index is 11.8. The van der Waals surface area contributed by atoms with Crippen LogP contribution in [-0.4, -0.2) is 28.9 Å². The van der Waals surface area contributed by atoms with Crippen molar-refractivity contribution in [2.24, 2.45) is 0 Å². The highest BCUT2D eigenvalue weighted by molar-refractivity contribution is 7.26. The summed E-state index contributed by atoms with van der Waals surface area (Å²) >= 11 is 0. The first-order valence-corrected chi connectivity index (χ1v) is 7.76. The number of aryl methyl sites for hydroxylation is 1. The van der Waals surface area contributed by atoms with E-state index in [2.05, 4.69) is 4.98 Å². The maximum Gasteiger partial charge on any atom is 0.330 e. The quantitative estimate of drug-likeness (QED) is 0.591. The van der Waals surface area contributed by atoms with E-state index in [4.69, 9.17) is 19.0 Å². The van der Waals surface area contributed by atoms with Crippen molar-refractivity contribution in [3.8, 4) is 6.07 Å². The van der Waals surface area contributed by atoms with E-state index >= 15 is 0 Å². The van der Waals surface area contributed by atoms with Crippen LogP contribution >= 0.6 is 9.03 Å². The molecule has 1 aliphatic rings. The van der Waals surface area contributed by atoms with Gasteiger partial charge in [0.1, 0.15) is 6.23 Å². The van der Waals surface area contributed by atoms with Crippen LogP contribution in [0.2, 0.25) is 0 Å². The van der Waals surface area contributed by atoms with Crippen LogP contribution in [0, 0.1) is 18.3 Å². The average molecular weight is 327 g/mol. The molecule has 0 aliphatic carbocycles. The monoisotopic (exact) mass is 327 g/mol. The fourth-order valence-electron chi connectivity index (χ4n) is 2.12. The summed E-state index contributed by atoms with van der Waals surface area (Å²) in [6.07, 6.45) is 2.79. The first-order chi connectivity index (χ1) is 10.6. The molecule has 2 heterocycles. The minimum Gasteiger partial charge on any atom is -0.352 e. The van der Waals surface area contributed by atoms with Gasteiger partial charge in [0.15, 0.2) is 9.03 Å². The Morgan fingerprint density at radius 1 is 1.50 bits per heavy atom. The van der Waals surface area contributed by atoms with Crippen molar-refractivity contribution in [1.82, 2.24) is 9.55 Å². The third kappa shape index (κ3) is 4.49. The van der Waals surface area contributed by atoms with Crippen LogP contribution in [0.15, 0.2) is 15.8 Å². The van der Waals surface area contributed by atoms with Crippen molar-refractivity contribution in [1.29, 1.82) is 5.26 Å². The summed E-state index contributed by atoms with van der Waals surface area (Å²) in [6.45, 7) is 2.37. The highest BCUT2D eigenvalue weighted by atomic mass is 31.1. The van der Waals surface area contributed by atoms with E-state index in [1.54, 1.807) is 6.92 Å². The van der Waals surface area contributed by atoms with Crippen molar-refractivity contribution in [3.63, 3.8) is 0 Å². The molecule has 0 saturated carbocycles. The summed E-state index contributed by atoms with van der Waals surface area (Å²) in [4.78, 5) is 25.4. The molecule has 1 aromatic heterocycles. The molecule has 0 amide bonds. The topological polar surface area (TPSA) is 106 Å². The van der Waals surface area contributed by atoms with Crippen molar-refractivity contribution < 1.29 is 13.8 Å². The molecule has 0 aromatic carbocycles. The molecule has 120 valence electrons. The van der Waals surface area contributed by atoms with E-state index < -0.39 is 5.69 Å². The Bertz CT molecular complexity index is 650. The molecule has 3 unspecified atom stereocenters. The number of rotatable bonds is 7. The number of hydrogen-bond acceptors (Lipinski definition) is 6. The van der Waals surface area contributed by atoms with Gasteiger partial charge in [-0.25, -0.2) is 4.79 Å². The van der Waals surface area contributed by atoms with E-state index in [9.17, 15) is 9.59 Å². The van der Waals surface area contributed by atoms with Gasteiger partial charge < -0.3 is 13.8 Å². The highest BCUT2D eigenvalue weighted by Gasteiger charge is 2.27. The van der Waals surface area contributed by atoms with Gasteiger partial charge in [-0.3, -0.25) is 14.3 Å². The summed E-state index contributed by atoms with van der Waals surface area (Å²) in [5.74, 6) is 0. The van der Waals surface area contributed by atoms with Gasteiger partial charge in [0.2, 0.25) is 0 Å². The van der Waals surface area contributed by atoms with Crippen LogP contribution in [0.5, 0.6) is 0 Å². The van der Waals surface area contributed by atoms with Crippen LogP contribution in [-0.2, 0) is 13.8 Å². The lowest BCUT2D eigenvalue weighted by atomic mass is 10.2. The second kappa shape index (κ2) is 8.20. The molecule has 1 N–H and O–H groups in total. The summed E-state index contributed by atoms with van der Waals surface area (Å²) in [5.41, 5.74) is -0.381. The Kier molecular flexibility index (Phi) is 6.28. The van der Waals surface area contributed by atoms with Gasteiger partial charge in [0.05, 0.1) is 31.8 Å². The minimum atomic E-state index is -0.469. The number of nitrogens with zero attached hydrogens (tertiary/aromatic N) is 2. The fourth-order valence-corrected chi connectivity index (χ4v) is 2.64. The molecule has 0 radical (unpaired) electrons. The Morgan fingerprint density at radius 3 is 3.09 bits per heavy atom. The van der Waals surface area contributed by atoms with Crippen LogP contribution in [0.4, 0.5) is 0 Å². The summed E-state index contributed by atoms with van der Waals surface area (Å²) < 4.78 is 17.6. The molecule has 1 aliphatic heterocycles. The van der Waals surface area contributed by atoms with Gasteiger partial charge in [-0.05, 0) is 19.8 Å².